The van der Waals surface area contributed by atoms with Gasteiger partial charge < -0.3 is 9.84 Å². The molecule has 118 valence electrons. The van der Waals surface area contributed by atoms with Crippen LogP contribution in [0.5, 0.6) is 0 Å². The van der Waals surface area contributed by atoms with Gasteiger partial charge in [-0.1, -0.05) is 18.2 Å². The van der Waals surface area contributed by atoms with Gasteiger partial charge in [0, 0.05) is 4.70 Å². The number of hydrogen-bond acceptors (Lipinski definition) is 4. The van der Waals surface area contributed by atoms with Gasteiger partial charge >= 0.3 is 12.1 Å². The minimum Gasteiger partial charge on any atom is -0.480 e. The van der Waals surface area contributed by atoms with E-state index < -0.39 is 23.7 Å². The molecule has 2 rings (SSSR count). The summed E-state index contributed by atoms with van der Waals surface area (Å²) in [6, 6.07) is 8.46. The van der Waals surface area contributed by atoms with Gasteiger partial charge in [-0.25, -0.2) is 9.59 Å². The van der Waals surface area contributed by atoms with Crippen LogP contribution in [0.3, 0.4) is 0 Å². The van der Waals surface area contributed by atoms with E-state index in [0.717, 1.165) is 10.1 Å². The third kappa shape index (κ3) is 3.57. The van der Waals surface area contributed by atoms with Crippen LogP contribution in [-0.2, 0) is 9.53 Å². The molecule has 0 bridgehead atoms. The molecule has 0 aliphatic rings. The minimum absolute atomic E-state index is 0.561. The molecule has 1 amide bonds. The average Bonchev–Trinajstić information content (AvgIpc) is 2.79. The van der Waals surface area contributed by atoms with E-state index in [1.807, 2.05) is 30.3 Å². The molecule has 2 aromatic rings. The summed E-state index contributed by atoms with van der Waals surface area (Å²) in [4.78, 5) is 25.0. The van der Waals surface area contributed by atoms with Crippen molar-refractivity contribution in [2.75, 3.05) is 4.90 Å². The van der Waals surface area contributed by atoms with Crippen molar-refractivity contribution in [2.45, 2.75) is 39.3 Å². The highest BCUT2D eigenvalue weighted by Crippen LogP contribution is 2.34. The molecule has 0 radical (unpaired) electrons. The molecule has 0 saturated heterocycles. The lowest BCUT2D eigenvalue weighted by molar-refractivity contribution is -0.138. The number of ether oxygens (including phenoxy) is 1. The second-order valence-corrected chi connectivity index (χ2v) is 7.05. The second kappa shape index (κ2) is 5.96. The zero-order chi connectivity index (χ0) is 16.5. The first-order valence-corrected chi connectivity index (χ1v) is 7.74. The quantitative estimate of drug-likeness (QED) is 0.923. The van der Waals surface area contributed by atoms with Crippen molar-refractivity contribution in [1.29, 1.82) is 0 Å². The van der Waals surface area contributed by atoms with Gasteiger partial charge in [-0.15, -0.1) is 11.3 Å². The van der Waals surface area contributed by atoms with Crippen LogP contribution in [0.2, 0.25) is 0 Å². The first-order valence-electron chi connectivity index (χ1n) is 6.92. The molecular weight excluding hydrogens is 302 g/mol. The first-order chi connectivity index (χ1) is 10.2. The molecule has 0 unspecified atom stereocenters. The molecule has 1 atom stereocenters. The Bertz CT molecular complexity index is 668. The molecule has 1 heterocycles. The lowest BCUT2D eigenvalue weighted by Crippen LogP contribution is -2.45. The maximum absolute atomic E-state index is 12.4. The van der Waals surface area contributed by atoms with Crippen molar-refractivity contribution >= 4 is 38.5 Å². The smallest absolute Gasteiger partial charge is 0.416 e. The number of rotatable bonds is 3. The number of carbonyl (C=O) groups excluding carboxylic acids is 1. The molecule has 1 aromatic carbocycles. The van der Waals surface area contributed by atoms with E-state index in [1.165, 1.54) is 23.2 Å². The van der Waals surface area contributed by atoms with Crippen molar-refractivity contribution < 1.29 is 19.4 Å². The number of fused-ring (bicyclic) bond motifs is 1. The van der Waals surface area contributed by atoms with Crippen molar-refractivity contribution in [3.05, 3.63) is 30.3 Å². The topological polar surface area (TPSA) is 66.8 Å². The molecule has 0 spiro atoms. The van der Waals surface area contributed by atoms with Crippen LogP contribution in [0.25, 0.3) is 10.1 Å². The van der Waals surface area contributed by atoms with Gasteiger partial charge in [0.25, 0.3) is 0 Å². The molecule has 5 nitrogen and oxygen atoms in total. The first kappa shape index (κ1) is 16.3. The van der Waals surface area contributed by atoms with Crippen LogP contribution in [-0.4, -0.2) is 28.8 Å². The summed E-state index contributed by atoms with van der Waals surface area (Å²) in [6.07, 6.45) is -0.658. The molecule has 1 aromatic heterocycles. The highest BCUT2D eigenvalue weighted by Gasteiger charge is 2.32. The molecule has 0 saturated carbocycles. The van der Waals surface area contributed by atoms with Gasteiger partial charge in [0.1, 0.15) is 16.6 Å². The third-order valence-corrected chi connectivity index (χ3v) is 4.10. The minimum atomic E-state index is -1.08. The Kier molecular flexibility index (Phi) is 4.42. The molecule has 1 N–H and O–H groups in total. The maximum Gasteiger partial charge on any atom is 0.416 e. The lowest BCUT2D eigenvalue weighted by atomic mass is 10.2. The standard InChI is InChI=1S/C16H19NO4S/c1-10(14(18)19)17(15(20)21-16(2,3)4)13-9-11-7-5-6-8-12(11)22-13/h5-10H,1-4H3,(H,18,19)/t10-/m0/s1. The normalized spacial score (nSPS) is 12.9. The maximum atomic E-state index is 12.4. The molecule has 0 aliphatic carbocycles. The summed E-state index contributed by atoms with van der Waals surface area (Å²) in [5.41, 5.74) is -0.690. The lowest BCUT2D eigenvalue weighted by Gasteiger charge is -2.28. The number of hydrogen-bond donors (Lipinski definition) is 1. The van der Waals surface area contributed by atoms with Crippen LogP contribution in [0.15, 0.2) is 30.3 Å². The number of amides is 1. The second-order valence-electron chi connectivity index (χ2n) is 5.99. The van der Waals surface area contributed by atoms with Crippen LogP contribution in [0, 0.1) is 0 Å². The Hall–Kier alpha value is -2.08. The molecule has 0 fully saturated rings. The van der Waals surface area contributed by atoms with Gasteiger partial charge in [-0.05, 0) is 45.2 Å². The SMILES string of the molecule is C[C@@H](C(=O)O)N(C(=O)OC(C)(C)C)c1cc2ccccc2s1. The fourth-order valence-corrected chi connectivity index (χ4v) is 3.08. The van der Waals surface area contributed by atoms with Crippen molar-refractivity contribution in [1.82, 2.24) is 0 Å². The van der Waals surface area contributed by atoms with Gasteiger partial charge in [-0.2, -0.15) is 0 Å². The fraction of sp³-hybridized carbons (Fsp3) is 0.375. The van der Waals surface area contributed by atoms with Crippen LogP contribution in [0.1, 0.15) is 27.7 Å². The summed E-state index contributed by atoms with van der Waals surface area (Å²) < 4.78 is 6.34. The van der Waals surface area contributed by atoms with E-state index >= 15 is 0 Å². The molecule has 22 heavy (non-hydrogen) atoms. The zero-order valence-electron chi connectivity index (χ0n) is 13.0. The Labute approximate surface area is 133 Å². The number of thiophene rings is 1. The third-order valence-electron chi connectivity index (χ3n) is 2.98. The summed E-state index contributed by atoms with van der Waals surface area (Å²) in [5.74, 6) is -1.08. The Balaban J connectivity index is 2.43. The Morgan fingerprint density at radius 1 is 1.27 bits per heavy atom. The molecule has 0 aliphatic heterocycles. The van der Waals surface area contributed by atoms with Crippen LogP contribution < -0.4 is 4.90 Å². The number of anilines is 1. The number of aliphatic carboxylic acids is 1. The highest BCUT2D eigenvalue weighted by molar-refractivity contribution is 7.23. The summed E-state index contributed by atoms with van der Waals surface area (Å²) >= 11 is 1.37. The van der Waals surface area contributed by atoms with Gasteiger partial charge in [0.05, 0.1) is 0 Å². The van der Waals surface area contributed by atoms with Crippen molar-refractivity contribution in [3.8, 4) is 0 Å². The average molecular weight is 321 g/mol. The summed E-state index contributed by atoms with van der Waals surface area (Å²) in [5, 5.41) is 10.8. The van der Waals surface area contributed by atoms with Crippen molar-refractivity contribution in [3.63, 3.8) is 0 Å². The van der Waals surface area contributed by atoms with E-state index in [1.54, 1.807) is 20.8 Å². The monoisotopic (exact) mass is 321 g/mol. The number of carbonyl (C=O) groups is 2. The van der Waals surface area contributed by atoms with E-state index in [9.17, 15) is 14.7 Å². The summed E-state index contributed by atoms with van der Waals surface area (Å²) in [7, 11) is 0. The number of benzene rings is 1. The van der Waals surface area contributed by atoms with Crippen LogP contribution in [0.4, 0.5) is 9.80 Å². The number of carboxylic acids is 1. The van der Waals surface area contributed by atoms with Crippen molar-refractivity contribution in [2.24, 2.45) is 0 Å². The van der Waals surface area contributed by atoms with E-state index in [2.05, 4.69) is 0 Å². The summed E-state index contributed by atoms with van der Waals surface area (Å²) in [6.45, 7) is 6.72. The number of nitrogens with zero attached hydrogens (tertiary/aromatic N) is 1. The molecule has 6 heteroatoms. The van der Waals surface area contributed by atoms with E-state index in [0.29, 0.717) is 5.00 Å². The highest BCUT2D eigenvalue weighted by atomic mass is 32.1. The zero-order valence-corrected chi connectivity index (χ0v) is 13.8. The van der Waals surface area contributed by atoms with E-state index in [4.69, 9.17) is 4.74 Å². The predicted octanol–water partition coefficient (Wildman–Crippen LogP) is 4.12. The number of carboxylic acid groups (broad SMARTS) is 1. The van der Waals surface area contributed by atoms with Gasteiger partial charge in [0.15, 0.2) is 0 Å². The fourth-order valence-electron chi connectivity index (χ4n) is 1.95. The van der Waals surface area contributed by atoms with Crippen LogP contribution >= 0.6 is 11.3 Å². The Morgan fingerprint density at radius 3 is 2.45 bits per heavy atom. The molecular formula is C16H19NO4S. The van der Waals surface area contributed by atoms with E-state index in [-0.39, 0.29) is 0 Å². The van der Waals surface area contributed by atoms with Gasteiger partial charge in [-0.3, -0.25) is 4.90 Å². The predicted molar refractivity (Wildman–Crippen MR) is 87.6 cm³/mol. The van der Waals surface area contributed by atoms with Gasteiger partial charge in [0.2, 0.25) is 0 Å². The Morgan fingerprint density at radius 2 is 1.91 bits per heavy atom. The largest absolute Gasteiger partial charge is 0.480 e.